The van der Waals surface area contributed by atoms with E-state index in [4.69, 9.17) is 37.0 Å². The van der Waals surface area contributed by atoms with Gasteiger partial charge in [-0.3, -0.25) is 37.3 Å². The Hall–Kier alpha value is -3.24. The Bertz CT molecular complexity index is 2100. The van der Waals surface area contributed by atoms with Crippen molar-refractivity contribution >= 4 is 39.5 Å². The number of rotatable bonds is 75. The molecule has 0 aliphatic heterocycles. The molecule has 0 aromatic heterocycles. The maximum Gasteiger partial charge on any atom is 0.472 e. The first kappa shape index (κ1) is 94.8. The van der Waals surface area contributed by atoms with Crippen molar-refractivity contribution in [2.45, 2.75) is 380 Å². The van der Waals surface area contributed by atoms with Gasteiger partial charge in [0.1, 0.15) is 19.3 Å². The summed E-state index contributed by atoms with van der Waals surface area (Å²) >= 11 is 0. The number of phosphoric acid groups is 2. The van der Waals surface area contributed by atoms with Gasteiger partial charge in [-0.05, 0) is 135 Å². The van der Waals surface area contributed by atoms with Crippen molar-refractivity contribution in [3.8, 4) is 0 Å². The average Bonchev–Trinajstić information content (AvgIpc) is 1.04. The second-order valence-electron chi connectivity index (χ2n) is 26.6. The van der Waals surface area contributed by atoms with E-state index < -0.39 is 97.5 Å². The molecule has 3 N–H and O–H groups in total. The number of carbonyl (C=O) groups is 4. The molecule has 0 radical (unpaired) electrons. The van der Waals surface area contributed by atoms with Crippen LogP contribution in [0.4, 0.5) is 0 Å². The van der Waals surface area contributed by atoms with Gasteiger partial charge >= 0.3 is 39.5 Å². The first-order valence-corrected chi connectivity index (χ1v) is 42.5. The number of allylic oxidation sites excluding steroid dienone is 10. The molecule has 0 saturated carbocycles. The van der Waals surface area contributed by atoms with Gasteiger partial charge in [-0.15, -0.1) is 0 Å². The van der Waals surface area contributed by atoms with Crippen LogP contribution in [0.2, 0.25) is 0 Å². The molecule has 5 atom stereocenters. The first-order chi connectivity index (χ1) is 47.7. The molecular weight excluding hydrogens is 1280 g/mol. The van der Waals surface area contributed by atoms with E-state index in [0.717, 1.165) is 161 Å². The van der Waals surface area contributed by atoms with Crippen LogP contribution in [0.1, 0.15) is 362 Å². The average molecular weight is 1430 g/mol. The number of aliphatic hydroxyl groups is 1. The van der Waals surface area contributed by atoms with E-state index in [1.165, 1.54) is 122 Å². The summed E-state index contributed by atoms with van der Waals surface area (Å²) in [6.45, 7) is 4.84. The van der Waals surface area contributed by atoms with Gasteiger partial charge in [0, 0.05) is 25.7 Å². The molecule has 0 aliphatic rings. The number of ether oxygens (including phenoxy) is 4. The fraction of sp³-hybridized carbons (Fsp3) is 0.823. The van der Waals surface area contributed by atoms with Gasteiger partial charge in [0.2, 0.25) is 0 Å². The minimum atomic E-state index is -4.97. The van der Waals surface area contributed by atoms with E-state index in [0.29, 0.717) is 25.7 Å². The minimum Gasteiger partial charge on any atom is -0.462 e. The Labute approximate surface area is 597 Å². The van der Waals surface area contributed by atoms with E-state index in [1.807, 2.05) is 0 Å². The summed E-state index contributed by atoms with van der Waals surface area (Å²) in [5, 5.41) is 10.6. The second kappa shape index (κ2) is 72.1. The number of aliphatic hydroxyl groups excluding tert-OH is 1. The van der Waals surface area contributed by atoms with E-state index in [1.54, 1.807) is 0 Å². The molecule has 0 amide bonds. The van der Waals surface area contributed by atoms with Crippen LogP contribution in [0.5, 0.6) is 0 Å². The third-order valence-corrected chi connectivity index (χ3v) is 18.8. The highest BCUT2D eigenvalue weighted by Gasteiger charge is 2.30. The van der Waals surface area contributed by atoms with Crippen LogP contribution in [-0.4, -0.2) is 96.7 Å². The smallest absolute Gasteiger partial charge is 0.462 e. The zero-order valence-electron chi connectivity index (χ0n) is 62.5. The van der Waals surface area contributed by atoms with Gasteiger partial charge in [-0.1, -0.05) is 262 Å². The monoisotopic (exact) mass is 1430 g/mol. The van der Waals surface area contributed by atoms with Crippen molar-refractivity contribution in [2.24, 2.45) is 0 Å². The van der Waals surface area contributed by atoms with Crippen molar-refractivity contribution in [3.05, 3.63) is 60.8 Å². The molecular formula is C79H144O17P2. The van der Waals surface area contributed by atoms with E-state index >= 15 is 0 Å². The maximum atomic E-state index is 13.1. The van der Waals surface area contributed by atoms with Crippen LogP contribution in [0.3, 0.4) is 0 Å². The minimum absolute atomic E-state index is 0.0854. The van der Waals surface area contributed by atoms with E-state index in [2.05, 4.69) is 88.5 Å². The standard InChI is InChI=1S/C79H144O17P2/c1-5-9-13-17-21-25-29-33-36-40-43-47-51-55-59-63-76(81)89-69-74(95-78(83)65-61-57-53-49-45-39-32-28-24-20-16-12-8-4)71-93-97(85,86)91-67-73(80)68-92-98(87,88)94-72-75(96-79(84)66-62-58-54-50-46-42-38-35-31-27-23-19-15-11-7-3)70-90-77(82)64-60-56-52-48-44-41-37-34-30-26-22-18-14-10-6-2/h22,26,28,32-38,73-75,80H,5-21,23-25,27,29-31,39-72H2,1-4H3,(H,85,86)(H,87,88). The summed E-state index contributed by atoms with van der Waals surface area (Å²) in [5.74, 6) is -2.19. The first-order valence-electron chi connectivity index (χ1n) is 39.5. The number of carbonyl (C=O) groups excluding carboxylic acids is 4. The van der Waals surface area contributed by atoms with Gasteiger partial charge in [-0.25, -0.2) is 9.13 Å². The van der Waals surface area contributed by atoms with Gasteiger partial charge in [0.25, 0.3) is 0 Å². The number of esters is 4. The van der Waals surface area contributed by atoms with Crippen molar-refractivity contribution < 1.29 is 80.2 Å². The maximum absolute atomic E-state index is 13.1. The molecule has 0 aromatic carbocycles. The molecule has 572 valence electrons. The van der Waals surface area contributed by atoms with Crippen LogP contribution >= 0.6 is 15.6 Å². The highest BCUT2D eigenvalue weighted by Crippen LogP contribution is 2.45. The number of hydrogen-bond acceptors (Lipinski definition) is 15. The topological polar surface area (TPSA) is 237 Å². The lowest BCUT2D eigenvalue weighted by Gasteiger charge is -2.21. The molecule has 0 saturated heterocycles. The predicted molar refractivity (Wildman–Crippen MR) is 400 cm³/mol. The van der Waals surface area contributed by atoms with Crippen LogP contribution in [-0.2, 0) is 65.4 Å². The third kappa shape index (κ3) is 71.2. The summed E-state index contributed by atoms with van der Waals surface area (Å²) < 4.78 is 68.5. The largest absolute Gasteiger partial charge is 0.472 e. The van der Waals surface area contributed by atoms with Gasteiger partial charge in [-0.2, -0.15) is 0 Å². The van der Waals surface area contributed by atoms with Gasteiger partial charge in [0.15, 0.2) is 12.2 Å². The zero-order chi connectivity index (χ0) is 71.8. The molecule has 0 spiro atoms. The third-order valence-electron chi connectivity index (χ3n) is 16.9. The molecule has 19 heteroatoms. The van der Waals surface area contributed by atoms with Crippen molar-refractivity contribution in [1.82, 2.24) is 0 Å². The van der Waals surface area contributed by atoms with Gasteiger partial charge < -0.3 is 33.8 Å². The Kier molecular flexibility index (Phi) is 69.7. The number of hydrogen-bond donors (Lipinski definition) is 3. The molecule has 17 nitrogen and oxygen atoms in total. The zero-order valence-corrected chi connectivity index (χ0v) is 64.3. The number of phosphoric ester groups is 2. The lowest BCUT2D eigenvalue weighted by molar-refractivity contribution is -0.161. The summed E-state index contributed by atoms with van der Waals surface area (Å²) in [7, 11) is -9.95. The molecule has 0 bridgehead atoms. The van der Waals surface area contributed by atoms with Gasteiger partial charge in [0.05, 0.1) is 26.4 Å². The Balaban J connectivity index is 5.35. The molecule has 0 rings (SSSR count). The Morgan fingerprint density at radius 3 is 0.796 bits per heavy atom. The molecule has 0 fully saturated rings. The molecule has 98 heavy (non-hydrogen) atoms. The normalized spacial score (nSPS) is 14.2. The summed E-state index contributed by atoms with van der Waals surface area (Å²) in [4.78, 5) is 72.9. The molecule has 0 aromatic rings. The van der Waals surface area contributed by atoms with E-state index in [9.17, 15) is 43.2 Å². The molecule has 5 unspecified atom stereocenters. The SMILES string of the molecule is CCCCCC=CCC=CCCCCCCCC(=O)OCC(COP(=O)(O)OCC(O)COP(=O)(O)OCC(COC(=O)CCCCCCCC=CCCCCCCCC)OC(=O)CCCCCCCC=CCCCCCC)OC(=O)CCCCCCCC=CCCCCCCCC. The lowest BCUT2D eigenvalue weighted by Crippen LogP contribution is -2.30. The highest BCUT2D eigenvalue weighted by atomic mass is 31.2. The fourth-order valence-electron chi connectivity index (χ4n) is 10.8. The Morgan fingerprint density at radius 1 is 0.286 bits per heavy atom. The molecule has 0 heterocycles. The quantitative estimate of drug-likeness (QED) is 0.0169. The second-order valence-corrected chi connectivity index (χ2v) is 29.5. The van der Waals surface area contributed by atoms with Crippen molar-refractivity contribution in [3.63, 3.8) is 0 Å². The summed E-state index contributed by atoms with van der Waals surface area (Å²) in [5.41, 5.74) is 0. The lowest BCUT2D eigenvalue weighted by atomic mass is 10.1. The van der Waals surface area contributed by atoms with Crippen LogP contribution in [0.15, 0.2) is 60.8 Å². The molecule has 0 aliphatic carbocycles. The van der Waals surface area contributed by atoms with Crippen molar-refractivity contribution in [2.75, 3.05) is 39.6 Å². The summed E-state index contributed by atoms with van der Waals surface area (Å²) in [6, 6.07) is 0. The van der Waals surface area contributed by atoms with Crippen LogP contribution in [0, 0.1) is 0 Å². The fourth-order valence-corrected chi connectivity index (χ4v) is 12.4. The Morgan fingerprint density at radius 2 is 0.500 bits per heavy atom. The van der Waals surface area contributed by atoms with Crippen LogP contribution in [0.25, 0.3) is 0 Å². The van der Waals surface area contributed by atoms with Crippen LogP contribution < -0.4 is 0 Å². The van der Waals surface area contributed by atoms with Crippen molar-refractivity contribution in [1.29, 1.82) is 0 Å². The summed E-state index contributed by atoms with van der Waals surface area (Å²) in [6.07, 6.45) is 70.5. The van der Waals surface area contributed by atoms with E-state index in [-0.39, 0.29) is 25.7 Å². The highest BCUT2D eigenvalue weighted by molar-refractivity contribution is 7.47. The number of unbranched alkanes of at least 4 members (excludes halogenated alkanes) is 39. The predicted octanol–water partition coefficient (Wildman–Crippen LogP) is 22.7.